The van der Waals surface area contributed by atoms with Gasteiger partial charge in [-0.3, -0.25) is 4.79 Å². The van der Waals surface area contributed by atoms with Crippen molar-refractivity contribution in [3.05, 3.63) is 95.6 Å². The highest BCUT2D eigenvalue weighted by molar-refractivity contribution is 6.02. The highest BCUT2D eigenvalue weighted by Gasteiger charge is 2.07. The molecule has 0 aromatic heterocycles. The molecule has 0 radical (unpaired) electrons. The molecule has 0 spiro atoms. The molecule has 26 heavy (non-hydrogen) atoms. The predicted octanol–water partition coefficient (Wildman–Crippen LogP) is 5.21. The molecule has 0 aliphatic carbocycles. The minimum absolute atomic E-state index is 0.206. The zero-order valence-electron chi connectivity index (χ0n) is 15.1. The number of hydrazone groups is 1. The maximum Gasteiger partial charge on any atom is 0.271 e. The number of amides is 1. The van der Waals surface area contributed by atoms with E-state index in [4.69, 9.17) is 0 Å². The molecule has 0 saturated heterocycles. The van der Waals surface area contributed by atoms with Crippen LogP contribution in [0.3, 0.4) is 0 Å². The highest BCUT2D eigenvalue weighted by atomic mass is 16.2. The second-order valence-electron chi connectivity index (χ2n) is 6.16. The number of rotatable bonds is 5. The zero-order chi connectivity index (χ0) is 18.4. The summed E-state index contributed by atoms with van der Waals surface area (Å²) >= 11 is 0. The number of benzene rings is 3. The summed E-state index contributed by atoms with van der Waals surface area (Å²) in [5, 5.41) is 4.32. The topological polar surface area (TPSA) is 41.5 Å². The van der Waals surface area contributed by atoms with E-state index < -0.39 is 0 Å². The van der Waals surface area contributed by atoms with E-state index in [0.29, 0.717) is 5.56 Å². The van der Waals surface area contributed by atoms with Crippen LogP contribution >= 0.6 is 0 Å². The van der Waals surface area contributed by atoms with Crippen LogP contribution in [0.4, 0.5) is 0 Å². The third kappa shape index (κ3) is 4.25. The Kier molecular flexibility index (Phi) is 5.59. The van der Waals surface area contributed by atoms with Crippen LogP contribution in [-0.2, 0) is 0 Å². The quantitative estimate of drug-likeness (QED) is 0.502. The molecular weight excluding hydrogens is 320 g/mol. The molecule has 3 aromatic rings. The predicted molar refractivity (Wildman–Crippen MR) is 107 cm³/mol. The Hall–Kier alpha value is -3.20. The molecule has 130 valence electrons. The van der Waals surface area contributed by atoms with Crippen molar-refractivity contribution < 1.29 is 4.79 Å². The van der Waals surface area contributed by atoms with E-state index in [2.05, 4.69) is 22.7 Å². The molecule has 3 nitrogen and oxygen atoms in total. The van der Waals surface area contributed by atoms with Gasteiger partial charge in [0.2, 0.25) is 0 Å². The second kappa shape index (κ2) is 8.26. The lowest BCUT2D eigenvalue weighted by Crippen LogP contribution is -2.19. The molecule has 0 aliphatic heterocycles. The normalized spacial score (nSPS) is 11.2. The van der Waals surface area contributed by atoms with E-state index in [0.717, 1.165) is 28.8 Å². The van der Waals surface area contributed by atoms with Crippen molar-refractivity contribution in [2.75, 3.05) is 0 Å². The molecule has 0 aliphatic rings. The maximum absolute atomic E-state index is 12.4. The summed E-state index contributed by atoms with van der Waals surface area (Å²) in [5.74, 6) is -0.206. The Balaban J connectivity index is 1.72. The summed E-state index contributed by atoms with van der Waals surface area (Å²) < 4.78 is 0. The molecule has 3 heteroatoms. The lowest BCUT2D eigenvalue weighted by atomic mass is 10.0. The van der Waals surface area contributed by atoms with Gasteiger partial charge in [-0.05, 0) is 42.2 Å². The standard InChI is InChI=1S/C23H22N2O/c1-3-22(20-11-9-17(2)10-12-20)24-25-23(26)21-15-13-19(14-16-21)18-7-5-4-6-8-18/h4-16H,3H2,1-2H3,(H,25,26)/b24-22+. The summed E-state index contributed by atoms with van der Waals surface area (Å²) in [4.78, 5) is 12.4. The first-order chi connectivity index (χ1) is 12.7. The third-order valence-corrected chi connectivity index (χ3v) is 4.27. The van der Waals surface area contributed by atoms with Gasteiger partial charge < -0.3 is 0 Å². The van der Waals surface area contributed by atoms with Crippen molar-refractivity contribution in [1.82, 2.24) is 5.43 Å². The SMILES string of the molecule is CC/C(=N\NC(=O)c1ccc(-c2ccccc2)cc1)c1ccc(C)cc1. The molecule has 0 fully saturated rings. The summed E-state index contributed by atoms with van der Waals surface area (Å²) in [6, 6.07) is 25.8. The third-order valence-electron chi connectivity index (χ3n) is 4.27. The molecule has 0 bridgehead atoms. The van der Waals surface area contributed by atoms with Gasteiger partial charge in [-0.15, -0.1) is 0 Å². The van der Waals surface area contributed by atoms with E-state index >= 15 is 0 Å². The Bertz CT molecular complexity index is 895. The van der Waals surface area contributed by atoms with Gasteiger partial charge in [-0.2, -0.15) is 5.10 Å². The first-order valence-electron chi connectivity index (χ1n) is 8.77. The smallest absolute Gasteiger partial charge is 0.267 e. The zero-order valence-corrected chi connectivity index (χ0v) is 15.1. The largest absolute Gasteiger partial charge is 0.271 e. The van der Waals surface area contributed by atoms with E-state index in [1.807, 2.05) is 80.6 Å². The minimum Gasteiger partial charge on any atom is -0.267 e. The van der Waals surface area contributed by atoms with Crippen molar-refractivity contribution in [2.45, 2.75) is 20.3 Å². The van der Waals surface area contributed by atoms with Crippen LogP contribution in [0.2, 0.25) is 0 Å². The van der Waals surface area contributed by atoms with E-state index in [9.17, 15) is 4.79 Å². The van der Waals surface area contributed by atoms with Crippen LogP contribution in [0.5, 0.6) is 0 Å². The van der Waals surface area contributed by atoms with Crippen LogP contribution in [-0.4, -0.2) is 11.6 Å². The van der Waals surface area contributed by atoms with Gasteiger partial charge in [0.15, 0.2) is 0 Å². The van der Waals surface area contributed by atoms with Crippen LogP contribution in [0.1, 0.15) is 34.8 Å². The van der Waals surface area contributed by atoms with Gasteiger partial charge in [0.1, 0.15) is 0 Å². The first-order valence-corrected chi connectivity index (χ1v) is 8.77. The van der Waals surface area contributed by atoms with Crippen molar-refractivity contribution in [1.29, 1.82) is 0 Å². The second-order valence-corrected chi connectivity index (χ2v) is 6.16. The Labute approximate surface area is 154 Å². The summed E-state index contributed by atoms with van der Waals surface area (Å²) in [6.45, 7) is 4.08. The Morgan fingerprint density at radius 3 is 2.00 bits per heavy atom. The fraction of sp³-hybridized carbons (Fsp3) is 0.130. The number of hydrogen-bond acceptors (Lipinski definition) is 2. The van der Waals surface area contributed by atoms with Gasteiger partial charge in [-0.1, -0.05) is 79.2 Å². The first kappa shape index (κ1) is 17.6. The Morgan fingerprint density at radius 1 is 0.808 bits per heavy atom. The van der Waals surface area contributed by atoms with Gasteiger partial charge in [0.05, 0.1) is 5.71 Å². The Morgan fingerprint density at radius 2 is 1.38 bits per heavy atom. The number of nitrogens with one attached hydrogen (secondary N) is 1. The van der Waals surface area contributed by atoms with Gasteiger partial charge in [0.25, 0.3) is 5.91 Å². The average molecular weight is 342 g/mol. The molecule has 3 rings (SSSR count). The van der Waals surface area contributed by atoms with Crippen molar-refractivity contribution >= 4 is 11.6 Å². The lowest BCUT2D eigenvalue weighted by Gasteiger charge is -2.07. The summed E-state index contributed by atoms with van der Waals surface area (Å²) in [6.07, 6.45) is 0.746. The van der Waals surface area contributed by atoms with Crippen molar-refractivity contribution in [3.63, 3.8) is 0 Å². The average Bonchev–Trinajstić information content (AvgIpc) is 2.70. The number of hydrogen-bond donors (Lipinski definition) is 1. The number of carbonyl (C=O) groups excluding carboxylic acids is 1. The molecule has 0 saturated carbocycles. The van der Waals surface area contributed by atoms with Crippen molar-refractivity contribution in [2.24, 2.45) is 5.10 Å². The molecule has 0 atom stereocenters. The number of carbonyl (C=O) groups is 1. The molecule has 1 N–H and O–H groups in total. The fourth-order valence-corrected chi connectivity index (χ4v) is 2.72. The summed E-state index contributed by atoms with van der Waals surface area (Å²) in [7, 11) is 0. The monoisotopic (exact) mass is 342 g/mol. The maximum atomic E-state index is 12.4. The van der Waals surface area contributed by atoms with Gasteiger partial charge in [0, 0.05) is 5.56 Å². The molecule has 1 amide bonds. The highest BCUT2D eigenvalue weighted by Crippen LogP contribution is 2.19. The minimum atomic E-state index is -0.206. The molecular formula is C23H22N2O. The van der Waals surface area contributed by atoms with E-state index in [1.165, 1.54) is 5.56 Å². The summed E-state index contributed by atoms with van der Waals surface area (Å²) in [5.41, 5.74) is 8.56. The number of aryl methyl sites for hydroxylation is 1. The fourth-order valence-electron chi connectivity index (χ4n) is 2.72. The van der Waals surface area contributed by atoms with Gasteiger partial charge >= 0.3 is 0 Å². The molecule has 3 aromatic carbocycles. The molecule has 0 heterocycles. The van der Waals surface area contributed by atoms with E-state index in [1.54, 1.807) is 0 Å². The van der Waals surface area contributed by atoms with Crippen molar-refractivity contribution in [3.8, 4) is 11.1 Å². The van der Waals surface area contributed by atoms with Crippen LogP contribution in [0.25, 0.3) is 11.1 Å². The van der Waals surface area contributed by atoms with Crippen LogP contribution in [0.15, 0.2) is 84.0 Å². The van der Waals surface area contributed by atoms with Gasteiger partial charge in [-0.25, -0.2) is 5.43 Å². The lowest BCUT2D eigenvalue weighted by molar-refractivity contribution is 0.0955. The molecule has 0 unspecified atom stereocenters. The van der Waals surface area contributed by atoms with Crippen LogP contribution < -0.4 is 5.43 Å². The van der Waals surface area contributed by atoms with Crippen LogP contribution in [0, 0.1) is 6.92 Å². The van der Waals surface area contributed by atoms with E-state index in [-0.39, 0.29) is 5.91 Å². The number of nitrogens with zero attached hydrogens (tertiary/aromatic N) is 1.